The lowest BCUT2D eigenvalue weighted by Crippen LogP contribution is -2.65. The van der Waals surface area contributed by atoms with Gasteiger partial charge in [-0.05, 0) is 75.3 Å². The topological polar surface area (TPSA) is 70.7 Å². The SMILES string of the molecule is C[C@@H]1C[C@H](C)CN(CCCN2C(=O)c3ccc(-c4ccco4)n3C[C@]2(C)C(=O)NC2CCCC2)C1. The van der Waals surface area contributed by atoms with E-state index in [4.69, 9.17) is 4.42 Å². The molecule has 35 heavy (non-hydrogen) atoms. The summed E-state index contributed by atoms with van der Waals surface area (Å²) in [5.41, 5.74) is 0.520. The lowest BCUT2D eigenvalue weighted by atomic mass is 9.91. The molecule has 1 saturated heterocycles. The van der Waals surface area contributed by atoms with Gasteiger partial charge in [-0.3, -0.25) is 9.59 Å². The first-order valence-electron chi connectivity index (χ1n) is 13.4. The van der Waals surface area contributed by atoms with Crippen LogP contribution in [0.15, 0.2) is 34.9 Å². The van der Waals surface area contributed by atoms with Crippen molar-refractivity contribution in [3.8, 4) is 11.5 Å². The maximum atomic E-state index is 13.8. The molecule has 5 rings (SSSR count). The number of rotatable bonds is 7. The minimum atomic E-state index is -0.949. The van der Waals surface area contributed by atoms with Gasteiger partial charge in [0.05, 0.1) is 18.5 Å². The van der Waals surface area contributed by atoms with Gasteiger partial charge in [0, 0.05) is 25.7 Å². The van der Waals surface area contributed by atoms with Crippen molar-refractivity contribution < 1.29 is 14.0 Å². The average Bonchev–Trinajstić information content (AvgIpc) is 3.57. The minimum Gasteiger partial charge on any atom is -0.463 e. The molecule has 2 fully saturated rings. The number of nitrogens with zero attached hydrogens (tertiary/aromatic N) is 3. The summed E-state index contributed by atoms with van der Waals surface area (Å²) in [5.74, 6) is 2.02. The third-order valence-electron chi connectivity index (χ3n) is 8.26. The maximum Gasteiger partial charge on any atom is 0.271 e. The Kier molecular flexibility index (Phi) is 6.80. The summed E-state index contributed by atoms with van der Waals surface area (Å²) in [4.78, 5) is 32.0. The Morgan fingerprint density at radius 2 is 1.80 bits per heavy atom. The lowest BCUT2D eigenvalue weighted by molar-refractivity contribution is -0.133. The fraction of sp³-hybridized carbons (Fsp3) is 0.643. The quantitative estimate of drug-likeness (QED) is 0.638. The van der Waals surface area contributed by atoms with Crippen LogP contribution in [0.4, 0.5) is 0 Å². The zero-order valence-corrected chi connectivity index (χ0v) is 21.5. The zero-order valence-electron chi connectivity index (χ0n) is 21.5. The molecule has 0 unspecified atom stereocenters. The number of hydrogen-bond acceptors (Lipinski definition) is 4. The van der Waals surface area contributed by atoms with E-state index in [-0.39, 0.29) is 17.9 Å². The number of aromatic nitrogens is 1. The smallest absolute Gasteiger partial charge is 0.271 e. The molecule has 2 amide bonds. The monoisotopic (exact) mass is 480 g/mol. The van der Waals surface area contributed by atoms with Crippen molar-refractivity contribution >= 4 is 11.8 Å². The van der Waals surface area contributed by atoms with Crippen LogP contribution in [-0.4, -0.2) is 63.9 Å². The standard InChI is InChI=1S/C28H40N4O3/c1-20-16-21(2)18-30(17-20)13-7-14-32-26(33)24-12-11-23(25-10-6-15-35-25)31(24)19-28(32,3)27(34)29-22-8-4-5-9-22/h6,10-12,15,20-22H,4-5,7-9,13-14,16-19H2,1-3H3,(H,29,34)/t20-,21+,28-/m1/s1. The van der Waals surface area contributed by atoms with Crippen molar-refractivity contribution in [2.45, 2.75) is 77.4 Å². The molecule has 1 saturated carbocycles. The van der Waals surface area contributed by atoms with Gasteiger partial charge in [-0.25, -0.2) is 0 Å². The maximum absolute atomic E-state index is 13.8. The Bertz CT molecular complexity index is 1030. The molecule has 4 heterocycles. The van der Waals surface area contributed by atoms with Crippen LogP contribution in [0, 0.1) is 11.8 Å². The van der Waals surface area contributed by atoms with Crippen LogP contribution in [-0.2, 0) is 11.3 Å². The molecular weight excluding hydrogens is 440 g/mol. The molecule has 1 aliphatic carbocycles. The third-order valence-corrected chi connectivity index (χ3v) is 8.26. The number of carbonyl (C=O) groups is 2. The molecule has 0 aromatic carbocycles. The summed E-state index contributed by atoms with van der Waals surface area (Å²) in [7, 11) is 0. The second-order valence-electron chi connectivity index (χ2n) is 11.4. The van der Waals surface area contributed by atoms with E-state index in [0.717, 1.165) is 57.4 Å². The molecule has 2 aliphatic heterocycles. The second kappa shape index (κ2) is 9.84. The zero-order chi connectivity index (χ0) is 24.6. The number of likely N-dealkylation sites (tertiary alicyclic amines) is 1. The Morgan fingerprint density at radius 1 is 1.09 bits per heavy atom. The lowest BCUT2D eigenvalue weighted by Gasteiger charge is -2.45. The van der Waals surface area contributed by atoms with Crippen LogP contribution >= 0.6 is 0 Å². The van der Waals surface area contributed by atoms with Crippen LogP contribution in [0.1, 0.15) is 69.8 Å². The number of hydrogen-bond donors (Lipinski definition) is 1. The van der Waals surface area contributed by atoms with Gasteiger partial charge < -0.3 is 24.1 Å². The molecule has 0 radical (unpaired) electrons. The second-order valence-corrected chi connectivity index (χ2v) is 11.4. The average molecular weight is 481 g/mol. The van der Waals surface area contributed by atoms with Crippen LogP contribution < -0.4 is 5.32 Å². The Morgan fingerprint density at radius 3 is 2.49 bits per heavy atom. The van der Waals surface area contributed by atoms with Gasteiger partial charge in [0.15, 0.2) is 0 Å². The number of amides is 2. The normalized spacial score (nSPS) is 27.9. The Balaban J connectivity index is 1.38. The van der Waals surface area contributed by atoms with Gasteiger partial charge in [0.2, 0.25) is 5.91 Å². The van der Waals surface area contributed by atoms with Gasteiger partial charge in [0.25, 0.3) is 5.91 Å². The van der Waals surface area contributed by atoms with E-state index >= 15 is 0 Å². The molecule has 0 spiro atoms. The molecule has 0 bridgehead atoms. The van der Waals surface area contributed by atoms with E-state index in [1.54, 1.807) is 6.26 Å². The highest BCUT2D eigenvalue weighted by molar-refractivity contribution is 6.00. The first-order valence-corrected chi connectivity index (χ1v) is 13.4. The number of nitrogens with one attached hydrogen (secondary N) is 1. The van der Waals surface area contributed by atoms with Crippen molar-refractivity contribution in [3.63, 3.8) is 0 Å². The molecule has 2 aromatic heterocycles. The number of piperidine rings is 1. The van der Waals surface area contributed by atoms with E-state index in [9.17, 15) is 9.59 Å². The summed E-state index contributed by atoms with van der Waals surface area (Å²) < 4.78 is 7.61. The largest absolute Gasteiger partial charge is 0.463 e. The predicted octanol–water partition coefficient (Wildman–Crippen LogP) is 4.39. The Labute approximate surface area is 208 Å². The van der Waals surface area contributed by atoms with E-state index in [0.29, 0.717) is 36.4 Å². The molecule has 3 aliphatic rings. The fourth-order valence-corrected chi connectivity index (χ4v) is 6.60. The third kappa shape index (κ3) is 4.80. The molecular formula is C28H40N4O3. The highest BCUT2D eigenvalue weighted by Gasteiger charge is 2.48. The summed E-state index contributed by atoms with van der Waals surface area (Å²) >= 11 is 0. The molecule has 1 N–H and O–H groups in total. The summed E-state index contributed by atoms with van der Waals surface area (Å²) in [5, 5.41) is 3.29. The highest BCUT2D eigenvalue weighted by atomic mass is 16.3. The first kappa shape index (κ1) is 24.2. The van der Waals surface area contributed by atoms with Crippen LogP contribution in [0.2, 0.25) is 0 Å². The fourth-order valence-electron chi connectivity index (χ4n) is 6.60. The van der Waals surface area contributed by atoms with Crippen molar-refractivity contribution in [1.29, 1.82) is 0 Å². The number of fused-ring (bicyclic) bond motifs is 1. The van der Waals surface area contributed by atoms with Gasteiger partial charge in [-0.2, -0.15) is 0 Å². The van der Waals surface area contributed by atoms with Gasteiger partial charge in [-0.15, -0.1) is 0 Å². The van der Waals surface area contributed by atoms with Crippen molar-refractivity contribution in [1.82, 2.24) is 19.7 Å². The van der Waals surface area contributed by atoms with Gasteiger partial charge >= 0.3 is 0 Å². The highest BCUT2D eigenvalue weighted by Crippen LogP contribution is 2.34. The first-order chi connectivity index (χ1) is 16.8. The van der Waals surface area contributed by atoms with Crippen molar-refractivity contribution in [2.24, 2.45) is 11.8 Å². The van der Waals surface area contributed by atoms with E-state index < -0.39 is 5.54 Å². The molecule has 190 valence electrons. The van der Waals surface area contributed by atoms with Gasteiger partial charge in [0.1, 0.15) is 17.0 Å². The summed E-state index contributed by atoms with van der Waals surface area (Å²) in [6, 6.07) is 7.76. The molecule has 7 heteroatoms. The molecule has 7 nitrogen and oxygen atoms in total. The van der Waals surface area contributed by atoms with Crippen molar-refractivity contribution in [2.75, 3.05) is 26.2 Å². The van der Waals surface area contributed by atoms with Crippen molar-refractivity contribution in [3.05, 3.63) is 36.2 Å². The van der Waals surface area contributed by atoms with E-state index in [1.165, 1.54) is 6.42 Å². The van der Waals surface area contributed by atoms with Gasteiger partial charge in [-0.1, -0.05) is 26.7 Å². The minimum absolute atomic E-state index is 0.0392. The summed E-state index contributed by atoms with van der Waals surface area (Å²) in [6.45, 7) is 10.8. The number of furan rings is 1. The number of carbonyl (C=O) groups excluding carboxylic acids is 2. The van der Waals surface area contributed by atoms with Crippen LogP contribution in [0.5, 0.6) is 0 Å². The van der Waals surface area contributed by atoms with E-state index in [2.05, 4.69) is 24.1 Å². The summed E-state index contributed by atoms with van der Waals surface area (Å²) in [6.07, 6.45) is 8.14. The van der Waals surface area contributed by atoms with E-state index in [1.807, 2.05) is 40.7 Å². The molecule has 3 atom stereocenters. The van der Waals surface area contributed by atoms with Crippen LogP contribution in [0.3, 0.4) is 0 Å². The van der Waals surface area contributed by atoms with Crippen LogP contribution in [0.25, 0.3) is 11.5 Å². The Hall–Kier alpha value is -2.54. The predicted molar refractivity (Wildman–Crippen MR) is 136 cm³/mol. The molecule has 2 aromatic rings.